The molecule has 1 aromatic rings. The smallest absolute Gasteiger partial charge is 0.257 e. The predicted molar refractivity (Wildman–Crippen MR) is 63.5 cm³/mol. The zero-order valence-electron chi connectivity index (χ0n) is 9.20. The van der Waals surface area contributed by atoms with Crippen LogP contribution in [-0.4, -0.2) is 28.4 Å². The Kier molecular flexibility index (Phi) is 3.43. The topological polar surface area (TPSA) is 33.2 Å². The minimum absolute atomic E-state index is 0.0334. The van der Waals surface area contributed by atoms with E-state index in [-0.39, 0.29) is 22.7 Å². The van der Waals surface area contributed by atoms with Crippen LogP contribution in [0.25, 0.3) is 0 Å². The summed E-state index contributed by atoms with van der Waals surface area (Å²) in [5, 5.41) is 0.0334. The second kappa shape index (κ2) is 4.84. The highest BCUT2D eigenvalue weighted by Crippen LogP contribution is 2.29. The maximum atomic E-state index is 13.1. The first kappa shape index (κ1) is 12.0. The van der Waals surface area contributed by atoms with Crippen LogP contribution in [0.5, 0.6) is 0 Å². The lowest BCUT2D eigenvalue weighted by Crippen LogP contribution is -2.33. The maximum Gasteiger partial charge on any atom is 0.257 e. The molecule has 1 heterocycles. The van der Waals surface area contributed by atoms with Crippen molar-refractivity contribution >= 4 is 17.5 Å². The van der Waals surface area contributed by atoms with Crippen molar-refractivity contribution in [1.82, 2.24) is 9.88 Å². The van der Waals surface area contributed by atoms with Crippen LogP contribution in [0.3, 0.4) is 0 Å². The quantitative estimate of drug-likeness (QED) is 0.611. The van der Waals surface area contributed by atoms with Crippen LogP contribution >= 0.6 is 11.6 Å². The van der Waals surface area contributed by atoms with Gasteiger partial charge in [-0.25, -0.2) is 9.37 Å². The first-order chi connectivity index (χ1) is 8.13. The third kappa shape index (κ3) is 2.64. The van der Waals surface area contributed by atoms with Gasteiger partial charge in [0.2, 0.25) is 0 Å². The Morgan fingerprint density at radius 2 is 2.41 bits per heavy atom. The SMILES string of the molecule is C=CCN(C(=O)c1cc(F)cnc1Cl)C1CC1. The van der Waals surface area contributed by atoms with E-state index in [1.54, 1.807) is 11.0 Å². The summed E-state index contributed by atoms with van der Waals surface area (Å²) in [7, 11) is 0. The number of pyridine rings is 1. The molecule has 0 saturated heterocycles. The number of hydrogen-bond donors (Lipinski definition) is 0. The summed E-state index contributed by atoms with van der Waals surface area (Å²) in [6.07, 6.45) is 4.59. The number of aromatic nitrogens is 1. The van der Waals surface area contributed by atoms with E-state index in [4.69, 9.17) is 11.6 Å². The van der Waals surface area contributed by atoms with Gasteiger partial charge in [0.1, 0.15) is 11.0 Å². The van der Waals surface area contributed by atoms with Crippen LogP contribution in [0.4, 0.5) is 4.39 Å². The van der Waals surface area contributed by atoms with Crippen LogP contribution in [0, 0.1) is 5.82 Å². The minimum Gasteiger partial charge on any atom is -0.332 e. The molecule has 0 spiro atoms. The summed E-state index contributed by atoms with van der Waals surface area (Å²) in [6.45, 7) is 4.05. The van der Waals surface area contributed by atoms with Gasteiger partial charge < -0.3 is 4.90 Å². The van der Waals surface area contributed by atoms with E-state index in [1.165, 1.54) is 0 Å². The molecular weight excluding hydrogens is 243 g/mol. The molecule has 2 rings (SSSR count). The van der Waals surface area contributed by atoms with Gasteiger partial charge in [-0.2, -0.15) is 0 Å². The van der Waals surface area contributed by atoms with Crippen molar-refractivity contribution < 1.29 is 9.18 Å². The molecule has 3 nitrogen and oxygen atoms in total. The largest absolute Gasteiger partial charge is 0.332 e. The molecular formula is C12H12ClFN2O. The summed E-state index contributed by atoms with van der Waals surface area (Å²) in [5.74, 6) is -0.850. The highest BCUT2D eigenvalue weighted by molar-refractivity contribution is 6.32. The van der Waals surface area contributed by atoms with E-state index in [0.717, 1.165) is 25.1 Å². The van der Waals surface area contributed by atoms with Gasteiger partial charge >= 0.3 is 0 Å². The van der Waals surface area contributed by atoms with Gasteiger partial charge in [0.25, 0.3) is 5.91 Å². The highest BCUT2D eigenvalue weighted by atomic mass is 35.5. The Morgan fingerprint density at radius 3 is 3.00 bits per heavy atom. The van der Waals surface area contributed by atoms with Crippen molar-refractivity contribution in [2.24, 2.45) is 0 Å². The van der Waals surface area contributed by atoms with Gasteiger partial charge in [0.15, 0.2) is 0 Å². The average Bonchev–Trinajstić information content (AvgIpc) is 3.12. The number of hydrogen-bond acceptors (Lipinski definition) is 2. The molecule has 0 atom stereocenters. The molecule has 1 aromatic heterocycles. The summed E-state index contributed by atoms with van der Waals surface area (Å²) in [6, 6.07) is 1.34. The summed E-state index contributed by atoms with van der Waals surface area (Å²) in [4.78, 5) is 17.5. The molecule has 1 aliphatic carbocycles. The second-order valence-corrected chi connectivity index (χ2v) is 4.33. The molecule has 1 fully saturated rings. The molecule has 1 amide bonds. The Bertz CT molecular complexity index is 460. The van der Waals surface area contributed by atoms with Crippen molar-refractivity contribution in [1.29, 1.82) is 0 Å². The molecule has 1 saturated carbocycles. The molecule has 90 valence electrons. The van der Waals surface area contributed by atoms with Crippen molar-refractivity contribution in [3.63, 3.8) is 0 Å². The number of rotatable bonds is 4. The van der Waals surface area contributed by atoms with E-state index >= 15 is 0 Å². The van der Waals surface area contributed by atoms with Crippen LogP contribution in [-0.2, 0) is 0 Å². The van der Waals surface area contributed by atoms with Gasteiger partial charge in [0, 0.05) is 12.6 Å². The van der Waals surface area contributed by atoms with E-state index in [9.17, 15) is 9.18 Å². The summed E-state index contributed by atoms with van der Waals surface area (Å²) in [5.41, 5.74) is 0.111. The average molecular weight is 255 g/mol. The van der Waals surface area contributed by atoms with Crippen LogP contribution in [0.2, 0.25) is 5.15 Å². The Morgan fingerprint density at radius 1 is 1.71 bits per heavy atom. The monoisotopic (exact) mass is 254 g/mol. The van der Waals surface area contributed by atoms with Crippen LogP contribution in [0.1, 0.15) is 23.2 Å². The molecule has 0 N–H and O–H groups in total. The molecule has 0 bridgehead atoms. The van der Waals surface area contributed by atoms with Gasteiger partial charge in [-0.3, -0.25) is 4.79 Å². The van der Waals surface area contributed by atoms with Crippen LogP contribution < -0.4 is 0 Å². The van der Waals surface area contributed by atoms with E-state index in [1.807, 2.05) is 0 Å². The van der Waals surface area contributed by atoms with Crippen molar-refractivity contribution in [2.45, 2.75) is 18.9 Å². The molecule has 1 aliphatic rings. The zero-order chi connectivity index (χ0) is 12.4. The van der Waals surface area contributed by atoms with E-state index < -0.39 is 5.82 Å². The molecule has 0 unspecified atom stereocenters. The van der Waals surface area contributed by atoms with E-state index in [0.29, 0.717) is 6.54 Å². The molecule has 0 radical (unpaired) electrons. The summed E-state index contributed by atoms with van der Waals surface area (Å²) < 4.78 is 13.1. The number of halogens is 2. The number of amides is 1. The summed E-state index contributed by atoms with van der Waals surface area (Å²) >= 11 is 5.81. The van der Waals surface area contributed by atoms with Gasteiger partial charge in [0.05, 0.1) is 11.8 Å². The third-order valence-corrected chi connectivity index (χ3v) is 2.91. The fourth-order valence-corrected chi connectivity index (χ4v) is 1.83. The lowest BCUT2D eigenvalue weighted by molar-refractivity contribution is 0.0762. The Hall–Kier alpha value is -1.42. The van der Waals surface area contributed by atoms with Crippen LogP contribution in [0.15, 0.2) is 24.9 Å². The van der Waals surface area contributed by atoms with Crippen molar-refractivity contribution in [2.75, 3.05) is 6.54 Å². The highest BCUT2D eigenvalue weighted by Gasteiger charge is 2.33. The predicted octanol–water partition coefficient (Wildman–Crippen LogP) is 2.66. The number of carbonyl (C=O) groups is 1. The normalized spacial score (nSPS) is 14.5. The third-order valence-electron chi connectivity index (χ3n) is 2.61. The fourth-order valence-electron chi connectivity index (χ4n) is 1.65. The Balaban J connectivity index is 2.27. The number of carbonyl (C=O) groups excluding carboxylic acids is 1. The Labute approximate surface area is 104 Å². The lowest BCUT2D eigenvalue weighted by atomic mass is 10.2. The minimum atomic E-state index is -0.563. The second-order valence-electron chi connectivity index (χ2n) is 3.97. The molecule has 0 aromatic carbocycles. The van der Waals surface area contributed by atoms with Gasteiger partial charge in [-0.05, 0) is 18.9 Å². The number of nitrogens with zero attached hydrogens (tertiary/aromatic N) is 2. The molecule has 0 aliphatic heterocycles. The molecule has 5 heteroatoms. The maximum absolute atomic E-state index is 13.1. The zero-order valence-corrected chi connectivity index (χ0v) is 9.95. The van der Waals surface area contributed by atoms with Crippen molar-refractivity contribution in [3.05, 3.63) is 41.5 Å². The first-order valence-electron chi connectivity index (χ1n) is 5.36. The van der Waals surface area contributed by atoms with Crippen molar-refractivity contribution in [3.8, 4) is 0 Å². The molecule has 17 heavy (non-hydrogen) atoms. The van der Waals surface area contributed by atoms with Gasteiger partial charge in [-0.15, -0.1) is 6.58 Å². The lowest BCUT2D eigenvalue weighted by Gasteiger charge is -2.20. The first-order valence-corrected chi connectivity index (χ1v) is 5.74. The van der Waals surface area contributed by atoms with Gasteiger partial charge in [-0.1, -0.05) is 17.7 Å². The standard InChI is InChI=1S/C12H12ClFN2O/c1-2-5-16(9-3-4-9)12(17)10-6-8(14)7-15-11(10)13/h2,6-7,9H,1,3-5H2. The fraction of sp³-hybridized carbons (Fsp3) is 0.333. The van der Waals surface area contributed by atoms with E-state index in [2.05, 4.69) is 11.6 Å².